The first kappa shape index (κ1) is 18.4. The fourth-order valence-corrected chi connectivity index (χ4v) is 2.58. The Balaban J connectivity index is 1.47. The zero-order chi connectivity index (χ0) is 18.9. The summed E-state index contributed by atoms with van der Waals surface area (Å²) >= 11 is 0. The number of ether oxygens (including phenoxy) is 1. The maximum Gasteiger partial charge on any atom is 0.271 e. The van der Waals surface area contributed by atoms with Gasteiger partial charge in [-0.15, -0.1) is 10.2 Å². The highest BCUT2D eigenvalue weighted by Gasteiger charge is 2.08. The number of hydrogen-bond donors (Lipinski definition) is 2. The van der Waals surface area contributed by atoms with Gasteiger partial charge in [0.1, 0.15) is 11.6 Å². The van der Waals surface area contributed by atoms with E-state index < -0.39 is 0 Å². The second-order valence-corrected chi connectivity index (χ2v) is 6.00. The number of amides is 1. The monoisotopic (exact) mass is 362 g/mol. The van der Waals surface area contributed by atoms with E-state index in [0.29, 0.717) is 31.0 Å². The number of aromatic nitrogens is 2. The molecular weight excluding hydrogens is 340 g/mol. The van der Waals surface area contributed by atoms with Crippen LogP contribution in [-0.2, 0) is 13.0 Å². The molecule has 27 heavy (non-hydrogen) atoms. The summed E-state index contributed by atoms with van der Waals surface area (Å²) in [5.41, 5.74) is 2.55. The number of nitrogens with one attached hydrogen (secondary N) is 2. The zero-order valence-corrected chi connectivity index (χ0v) is 15.2. The van der Waals surface area contributed by atoms with Gasteiger partial charge < -0.3 is 15.4 Å². The van der Waals surface area contributed by atoms with E-state index in [-0.39, 0.29) is 5.91 Å². The van der Waals surface area contributed by atoms with Crippen LogP contribution in [0.25, 0.3) is 0 Å². The molecule has 0 saturated carbocycles. The van der Waals surface area contributed by atoms with Crippen molar-refractivity contribution in [3.8, 4) is 5.75 Å². The lowest BCUT2D eigenvalue weighted by Gasteiger charge is -2.07. The molecule has 2 N–H and O–H groups in total. The molecule has 3 rings (SSSR count). The number of hydrogen-bond acceptors (Lipinski definition) is 5. The fourth-order valence-electron chi connectivity index (χ4n) is 2.58. The second-order valence-electron chi connectivity index (χ2n) is 6.00. The molecule has 2 aromatic carbocycles. The van der Waals surface area contributed by atoms with Crippen LogP contribution in [0, 0.1) is 0 Å². The Morgan fingerprint density at radius 1 is 0.963 bits per heavy atom. The average Bonchev–Trinajstić information content (AvgIpc) is 2.73. The minimum absolute atomic E-state index is 0.236. The molecule has 0 spiro atoms. The molecule has 0 atom stereocenters. The van der Waals surface area contributed by atoms with Gasteiger partial charge >= 0.3 is 0 Å². The largest absolute Gasteiger partial charge is 0.497 e. The van der Waals surface area contributed by atoms with Crippen LogP contribution in [0.4, 0.5) is 5.82 Å². The Bertz CT molecular complexity index is 867. The number of carbonyl (C=O) groups is 1. The molecule has 3 aromatic rings. The number of rotatable bonds is 8. The van der Waals surface area contributed by atoms with E-state index >= 15 is 0 Å². The number of anilines is 1. The molecule has 1 heterocycles. The summed E-state index contributed by atoms with van der Waals surface area (Å²) in [7, 11) is 1.64. The van der Waals surface area contributed by atoms with Crippen LogP contribution < -0.4 is 15.4 Å². The summed E-state index contributed by atoms with van der Waals surface area (Å²) < 4.78 is 5.20. The van der Waals surface area contributed by atoms with Crippen molar-refractivity contribution in [2.75, 3.05) is 19.0 Å². The number of carbonyl (C=O) groups excluding carboxylic acids is 1. The van der Waals surface area contributed by atoms with Crippen molar-refractivity contribution < 1.29 is 9.53 Å². The third-order valence-corrected chi connectivity index (χ3v) is 4.05. The van der Waals surface area contributed by atoms with Crippen molar-refractivity contribution >= 4 is 11.7 Å². The van der Waals surface area contributed by atoms with Gasteiger partial charge in [0, 0.05) is 13.1 Å². The maximum absolute atomic E-state index is 12.2. The molecule has 6 heteroatoms. The zero-order valence-electron chi connectivity index (χ0n) is 15.2. The SMILES string of the molecule is COc1cccc(CCNC(=O)c2ccc(NCc3ccccc3)nn2)c1. The van der Waals surface area contributed by atoms with Gasteiger partial charge in [-0.1, -0.05) is 42.5 Å². The lowest BCUT2D eigenvalue weighted by Crippen LogP contribution is -2.26. The van der Waals surface area contributed by atoms with Crippen molar-refractivity contribution in [3.05, 3.63) is 83.6 Å². The second kappa shape index (κ2) is 9.33. The van der Waals surface area contributed by atoms with Gasteiger partial charge in [0.25, 0.3) is 5.91 Å². The molecule has 1 aromatic heterocycles. The molecule has 0 aliphatic rings. The topological polar surface area (TPSA) is 76.1 Å². The van der Waals surface area contributed by atoms with Gasteiger partial charge in [-0.05, 0) is 41.8 Å². The molecule has 0 radical (unpaired) electrons. The van der Waals surface area contributed by atoms with Crippen molar-refractivity contribution in [3.63, 3.8) is 0 Å². The summed E-state index contributed by atoms with van der Waals surface area (Å²) in [6.07, 6.45) is 0.715. The molecule has 138 valence electrons. The lowest BCUT2D eigenvalue weighted by molar-refractivity contribution is 0.0948. The molecule has 0 aliphatic carbocycles. The highest BCUT2D eigenvalue weighted by Crippen LogP contribution is 2.12. The third-order valence-electron chi connectivity index (χ3n) is 4.05. The van der Waals surface area contributed by atoms with Gasteiger partial charge in [0.05, 0.1) is 7.11 Å². The smallest absolute Gasteiger partial charge is 0.271 e. The van der Waals surface area contributed by atoms with Gasteiger partial charge in [0.15, 0.2) is 5.69 Å². The van der Waals surface area contributed by atoms with Gasteiger partial charge in [-0.2, -0.15) is 0 Å². The summed E-state index contributed by atoms with van der Waals surface area (Å²) in [4.78, 5) is 12.2. The standard InChI is InChI=1S/C21H22N4O2/c1-27-18-9-5-8-16(14-18)12-13-22-21(26)19-10-11-20(25-24-19)23-15-17-6-3-2-4-7-17/h2-11,14H,12-13,15H2,1H3,(H,22,26)(H,23,25). The molecule has 0 unspecified atom stereocenters. The normalized spacial score (nSPS) is 10.3. The molecular formula is C21H22N4O2. The summed E-state index contributed by atoms with van der Waals surface area (Å²) in [5.74, 6) is 1.20. The van der Waals surface area contributed by atoms with E-state index in [0.717, 1.165) is 16.9 Å². The summed E-state index contributed by atoms with van der Waals surface area (Å²) in [6, 6.07) is 21.2. The fraction of sp³-hybridized carbons (Fsp3) is 0.190. The quantitative estimate of drug-likeness (QED) is 0.644. The van der Waals surface area contributed by atoms with E-state index in [1.807, 2.05) is 54.6 Å². The van der Waals surface area contributed by atoms with E-state index in [1.165, 1.54) is 0 Å². The number of nitrogens with zero attached hydrogens (tertiary/aromatic N) is 2. The van der Waals surface area contributed by atoms with Crippen molar-refractivity contribution in [2.24, 2.45) is 0 Å². The Morgan fingerprint density at radius 2 is 1.78 bits per heavy atom. The van der Waals surface area contributed by atoms with Crippen LogP contribution in [0.1, 0.15) is 21.6 Å². The van der Waals surface area contributed by atoms with Crippen LogP contribution >= 0.6 is 0 Å². The summed E-state index contributed by atoms with van der Waals surface area (Å²) in [6.45, 7) is 1.17. The summed E-state index contributed by atoms with van der Waals surface area (Å²) in [5, 5.41) is 14.1. The van der Waals surface area contributed by atoms with Crippen LogP contribution in [0.2, 0.25) is 0 Å². The highest BCUT2D eigenvalue weighted by molar-refractivity contribution is 5.92. The van der Waals surface area contributed by atoms with Crippen LogP contribution in [0.5, 0.6) is 5.75 Å². The first-order valence-corrected chi connectivity index (χ1v) is 8.77. The van der Waals surface area contributed by atoms with Crippen LogP contribution in [0.3, 0.4) is 0 Å². The van der Waals surface area contributed by atoms with E-state index in [1.54, 1.807) is 19.2 Å². The van der Waals surface area contributed by atoms with Crippen LogP contribution in [0.15, 0.2) is 66.7 Å². The average molecular weight is 362 g/mol. The van der Waals surface area contributed by atoms with E-state index in [2.05, 4.69) is 20.8 Å². The van der Waals surface area contributed by atoms with Crippen molar-refractivity contribution in [1.29, 1.82) is 0 Å². The Hall–Kier alpha value is -3.41. The van der Waals surface area contributed by atoms with E-state index in [4.69, 9.17) is 4.74 Å². The molecule has 0 fully saturated rings. The molecule has 6 nitrogen and oxygen atoms in total. The molecule has 0 bridgehead atoms. The third kappa shape index (κ3) is 5.54. The number of benzene rings is 2. The Labute approximate surface area is 158 Å². The van der Waals surface area contributed by atoms with Gasteiger partial charge in [-0.25, -0.2) is 0 Å². The minimum Gasteiger partial charge on any atom is -0.497 e. The number of methoxy groups -OCH3 is 1. The predicted octanol–water partition coefficient (Wildman–Crippen LogP) is 3.07. The Morgan fingerprint density at radius 3 is 2.52 bits per heavy atom. The highest BCUT2D eigenvalue weighted by atomic mass is 16.5. The van der Waals surface area contributed by atoms with E-state index in [9.17, 15) is 4.79 Å². The maximum atomic E-state index is 12.2. The Kier molecular flexibility index (Phi) is 6.35. The molecule has 1 amide bonds. The van der Waals surface area contributed by atoms with Crippen molar-refractivity contribution in [1.82, 2.24) is 15.5 Å². The van der Waals surface area contributed by atoms with Crippen molar-refractivity contribution in [2.45, 2.75) is 13.0 Å². The minimum atomic E-state index is -0.236. The lowest BCUT2D eigenvalue weighted by atomic mass is 10.1. The molecule has 0 aliphatic heterocycles. The molecule has 0 saturated heterocycles. The van der Waals surface area contributed by atoms with Gasteiger partial charge in [-0.3, -0.25) is 4.79 Å². The predicted molar refractivity (Wildman–Crippen MR) is 105 cm³/mol. The van der Waals surface area contributed by atoms with Gasteiger partial charge in [0.2, 0.25) is 0 Å². The first-order chi connectivity index (χ1) is 13.2. The first-order valence-electron chi connectivity index (χ1n) is 8.77. The van der Waals surface area contributed by atoms with Crippen LogP contribution in [-0.4, -0.2) is 29.8 Å².